The molecule has 2 aromatic heterocycles. The van der Waals surface area contributed by atoms with Crippen molar-refractivity contribution >= 4 is 22.6 Å². The maximum Gasteiger partial charge on any atom is 0.266 e. The predicted molar refractivity (Wildman–Crippen MR) is 135 cm³/mol. The summed E-state index contributed by atoms with van der Waals surface area (Å²) in [4.78, 5) is 31.3. The van der Waals surface area contributed by atoms with Crippen LogP contribution in [0.5, 0.6) is 0 Å². The van der Waals surface area contributed by atoms with E-state index in [1.807, 2.05) is 0 Å². The summed E-state index contributed by atoms with van der Waals surface area (Å²) in [7, 11) is 1.49. The Labute approximate surface area is 217 Å². The molecular weight excluding hydrogens is 499 g/mol. The lowest BCUT2D eigenvalue weighted by molar-refractivity contribution is -0.133. The van der Waals surface area contributed by atoms with Crippen LogP contribution in [0, 0.1) is 24.1 Å². The van der Waals surface area contributed by atoms with Gasteiger partial charge < -0.3 is 19.9 Å². The molecule has 8 nitrogen and oxygen atoms in total. The van der Waals surface area contributed by atoms with Crippen molar-refractivity contribution in [3.63, 3.8) is 0 Å². The van der Waals surface area contributed by atoms with Gasteiger partial charge in [-0.1, -0.05) is 18.2 Å². The zero-order valence-corrected chi connectivity index (χ0v) is 21.5. The second-order valence-electron chi connectivity index (χ2n) is 9.67. The number of aryl methyl sites for hydroxylation is 2. The minimum absolute atomic E-state index is 0.0000365. The average Bonchev–Trinajstić information content (AvgIpc) is 2.86. The molecule has 1 fully saturated rings. The number of fused-ring (bicyclic) bond motifs is 1. The van der Waals surface area contributed by atoms with Crippen LogP contribution < -0.4 is 10.9 Å². The quantitative estimate of drug-likeness (QED) is 0.515. The highest BCUT2D eigenvalue weighted by Gasteiger charge is 2.38. The molecule has 1 aromatic carbocycles. The molecule has 0 unspecified atom stereocenters. The number of likely N-dealkylation sites (tertiary alicyclic amines) is 1. The van der Waals surface area contributed by atoms with Gasteiger partial charge in [-0.15, -0.1) is 0 Å². The molecular formula is C27H28F3N5O3. The van der Waals surface area contributed by atoms with Crippen LogP contribution in [-0.4, -0.2) is 38.6 Å². The molecule has 1 aliphatic heterocycles. The van der Waals surface area contributed by atoms with Crippen molar-refractivity contribution in [3.8, 4) is 6.07 Å². The number of halogens is 3. The number of carbonyl (C=O) groups excluding carboxylic acids is 1. The first-order valence-corrected chi connectivity index (χ1v) is 12.2. The molecule has 38 heavy (non-hydrogen) atoms. The number of alkyl halides is 2. The molecule has 3 heterocycles. The average molecular weight is 528 g/mol. The van der Waals surface area contributed by atoms with E-state index in [1.165, 1.54) is 36.7 Å². The maximum atomic E-state index is 14.9. The van der Waals surface area contributed by atoms with Crippen molar-refractivity contribution in [1.29, 1.82) is 5.26 Å². The van der Waals surface area contributed by atoms with E-state index in [0.29, 0.717) is 11.1 Å². The van der Waals surface area contributed by atoms with Crippen molar-refractivity contribution in [2.75, 3.05) is 18.4 Å². The van der Waals surface area contributed by atoms with E-state index < -0.39 is 35.0 Å². The van der Waals surface area contributed by atoms with Crippen LogP contribution in [0.1, 0.15) is 67.1 Å². The molecule has 200 valence electrons. The molecule has 11 heteroatoms. The number of nitrogens with one attached hydrogen (secondary N) is 1. The van der Waals surface area contributed by atoms with Crippen LogP contribution in [0.15, 0.2) is 29.1 Å². The molecule has 1 saturated heterocycles. The molecule has 1 atom stereocenters. The highest BCUT2D eigenvalue weighted by molar-refractivity contribution is 5.94. The number of hydrogen-bond donors (Lipinski definition) is 2. The van der Waals surface area contributed by atoms with Gasteiger partial charge >= 0.3 is 0 Å². The summed E-state index contributed by atoms with van der Waals surface area (Å²) in [6.07, 6.45) is -2.70. The number of carbonyl (C=O) groups is 1. The smallest absolute Gasteiger partial charge is 0.266 e. The molecule has 2 N–H and O–H groups in total. The summed E-state index contributed by atoms with van der Waals surface area (Å²) in [5.74, 6) is -0.954. The summed E-state index contributed by atoms with van der Waals surface area (Å²) in [5.41, 5.74) is -1.89. The number of pyridine rings is 2. The van der Waals surface area contributed by atoms with E-state index in [2.05, 4.69) is 16.4 Å². The van der Waals surface area contributed by atoms with Crippen molar-refractivity contribution in [2.24, 2.45) is 7.05 Å². The Kier molecular flexibility index (Phi) is 7.21. The monoisotopic (exact) mass is 527 g/mol. The minimum Gasteiger partial charge on any atom is -0.385 e. The second kappa shape index (κ2) is 10.1. The normalized spacial score (nSPS) is 15.9. The van der Waals surface area contributed by atoms with Gasteiger partial charge in [0.2, 0.25) is 5.91 Å². The van der Waals surface area contributed by atoms with Gasteiger partial charge in [-0.3, -0.25) is 9.59 Å². The highest BCUT2D eigenvalue weighted by Crippen LogP contribution is 2.36. The standard InChI is InChI=1S/C27H28F3N5O3/c1-14(17-6-5-7-18(22(17)28)24(29)30)32-25-19-12-21(27(38)8-10-35(11-9-27)16(3)36)26(37)34(4)23(19)20(13-31)15(2)33-25/h5-7,12,14,24,38H,8-11H2,1-4H3,(H,32,33)/t14-/m1/s1. The molecule has 4 rings (SSSR count). The number of hydrogen-bond acceptors (Lipinski definition) is 6. The fraction of sp³-hybridized carbons (Fsp3) is 0.407. The highest BCUT2D eigenvalue weighted by atomic mass is 19.3. The number of benzene rings is 1. The predicted octanol–water partition coefficient (Wildman–Crippen LogP) is 4.19. The molecule has 0 radical (unpaired) electrons. The van der Waals surface area contributed by atoms with E-state index >= 15 is 0 Å². The fourth-order valence-corrected chi connectivity index (χ4v) is 5.07. The Morgan fingerprint density at radius 2 is 1.89 bits per heavy atom. The van der Waals surface area contributed by atoms with Gasteiger partial charge in [0.05, 0.1) is 34.0 Å². The largest absolute Gasteiger partial charge is 0.385 e. The van der Waals surface area contributed by atoms with Crippen LogP contribution >= 0.6 is 0 Å². The first-order valence-electron chi connectivity index (χ1n) is 12.2. The summed E-state index contributed by atoms with van der Waals surface area (Å²) >= 11 is 0. The van der Waals surface area contributed by atoms with E-state index in [0.717, 1.165) is 6.07 Å². The lowest BCUT2D eigenvalue weighted by Crippen LogP contribution is -2.47. The molecule has 0 aliphatic carbocycles. The summed E-state index contributed by atoms with van der Waals surface area (Å²) in [5, 5.41) is 24.7. The van der Waals surface area contributed by atoms with Crippen LogP contribution in [0.3, 0.4) is 0 Å². The van der Waals surface area contributed by atoms with Gasteiger partial charge in [0.15, 0.2) is 0 Å². The number of rotatable bonds is 5. The second-order valence-corrected chi connectivity index (χ2v) is 9.67. The van der Waals surface area contributed by atoms with E-state index in [1.54, 1.807) is 18.7 Å². The Bertz CT molecular complexity index is 1520. The number of aromatic nitrogens is 2. The van der Waals surface area contributed by atoms with E-state index in [9.17, 15) is 33.1 Å². The Hall–Kier alpha value is -3.91. The zero-order chi connectivity index (χ0) is 27.9. The molecule has 1 aliphatic rings. The number of piperidine rings is 1. The van der Waals surface area contributed by atoms with Gasteiger partial charge in [0, 0.05) is 43.6 Å². The molecule has 3 aromatic rings. The third kappa shape index (κ3) is 4.60. The third-order valence-electron chi connectivity index (χ3n) is 7.31. The fourth-order valence-electron chi connectivity index (χ4n) is 5.07. The van der Waals surface area contributed by atoms with Gasteiger partial charge in [-0.2, -0.15) is 5.26 Å². The third-order valence-corrected chi connectivity index (χ3v) is 7.31. The minimum atomic E-state index is -2.98. The summed E-state index contributed by atoms with van der Waals surface area (Å²) in [6.45, 7) is 5.16. The number of nitriles is 1. The van der Waals surface area contributed by atoms with Crippen LogP contribution in [0.4, 0.5) is 19.0 Å². The van der Waals surface area contributed by atoms with Gasteiger partial charge in [0.25, 0.3) is 12.0 Å². The topological polar surface area (TPSA) is 111 Å². The Morgan fingerprint density at radius 1 is 1.26 bits per heavy atom. The first kappa shape index (κ1) is 27.1. The number of amides is 1. The zero-order valence-electron chi connectivity index (χ0n) is 21.5. The number of anilines is 1. The Morgan fingerprint density at radius 3 is 2.47 bits per heavy atom. The maximum absolute atomic E-state index is 14.9. The van der Waals surface area contributed by atoms with Crippen molar-refractivity contribution in [3.05, 3.63) is 68.4 Å². The van der Waals surface area contributed by atoms with Crippen LogP contribution in [0.25, 0.3) is 10.9 Å². The lowest BCUT2D eigenvalue weighted by Gasteiger charge is -2.38. The van der Waals surface area contributed by atoms with Gasteiger partial charge in [0.1, 0.15) is 17.7 Å². The molecule has 0 bridgehead atoms. The van der Waals surface area contributed by atoms with Crippen molar-refractivity contribution < 1.29 is 23.1 Å². The molecule has 0 saturated carbocycles. The van der Waals surface area contributed by atoms with Crippen LogP contribution in [0.2, 0.25) is 0 Å². The SMILES string of the molecule is CC(=O)N1CCC(O)(c2cc3c(N[C@H](C)c4cccc(C(F)F)c4F)nc(C)c(C#N)c3n(C)c2=O)CC1. The number of aliphatic hydroxyl groups is 1. The van der Waals surface area contributed by atoms with Gasteiger partial charge in [-0.25, -0.2) is 18.2 Å². The van der Waals surface area contributed by atoms with Gasteiger partial charge in [-0.05, 0) is 32.8 Å². The number of nitrogens with zero attached hydrogens (tertiary/aromatic N) is 4. The first-order chi connectivity index (χ1) is 17.9. The summed E-state index contributed by atoms with van der Waals surface area (Å²) < 4.78 is 42.7. The van der Waals surface area contributed by atoms with Crippen LogP contribution in [-0.2, 0) is 17.4 Å². The Balaban J connectivity index is 1.87. The van der Waals surface area contributed by atoms with E-state index in [-0.39, 0.29) is 59.9 Å². The lowest BCUT2D eigenvalue weighted by atomic mass is 9.84. The molecule has 1 amide bonds. The van der Waals surface area contributed by atoms with Crippen molar-refractivity contribution in [1.82, 2.24) is 14.5 Å². The summed E-state index contributed by atoms with van der Waals surface area (Å²) in [6, 6.07) is 6.51. The van der Waals surface area contributed by atoms with E-state index in [4.69, 9.17) is 0 Å². The van der Waals surface area contributed by atoms with Crippen molar-refractivity contribution in [2.45, 2.75) is 51.7 Å². The molecule has 0 spiro atoms.